The van der Waals surface area contributed by atoms with E-state index in [0.29, 0.717) is 18.7 Å². The first-order valence-electron chi connectivity index (χ1n) is 11.5. The summed E-state index contributed by atoms with van der Waals surface area (Å²) in [6, 6.07) is 18.2. The summed E-state index contributed by atoms with van der Waals surface area (Å²) in [5.74, 6) is 0.875. The fourth-order valence-corrected chi connectivity index (χ4v) is 4.37. The molecule has 1 N–H and O–H groups in total. The van der Waals surface area contributed by atoms with Gasteiger partial charge in [-0.25, -0.2) is 9.78 Å². The summed E-state index contributed by atoms with van der Waals surface area (Å²) in [6.07, 6.45) is 2.74. The van der Waals surface area contributed by atoms with Crippen molar-refractivity contribution in [1.29, 1.82) is 5.26 Å². The largest absolute Gasteiger partial charge is 0.444 e. The zero-order valence-electron chi connectivity index (χ0n) is 19.5. The van der Waals surface area contributed by atoms with Crippen LogP contribution in [0.1, 0.15) is 51.2 Å². The van der Waals surface area contributed by atoms with Crippen LogP contribution in [0, 0.1) is 11.3 Å². The predicted octanol–water partition coefficient (Wildman–Crippen LogP) is 4.84. The number of amides is 1. The Bertz CT molecular complexity index is 1170. The summed E-state index contributed by atoms with van der Waals surface area (Å²) >= 11 is 0. The summed E-state index contributed by atoms with van der Waals surface area (Å²) in [7, 11) is 0. The van der Waals surface area contributed by atoms with Crippen molar-refractivity contribution in [1.82, 2.24) is 14.9 Å². The minimum Gasteiger partial charge on any atom is -0.444 e. The van der Waals surface area contributed by atoms with E-state index in [1.54, 1.807) is 0 Å². The van der Waals surface area contributed by atoms with E-state index >= 15 is 0 Å². The van der Waals surface area contributed by atoms with Crippen LogP contribution in [0.2, 0.25) is 0 Å². The highest BCUT2D eigenvalue weighted by Crippen LogP contribution is 2.29. The standard InChI is InChI=1S/C26H31N5O2/c1-26(2,3)33-25(32)28-17-21-12-8-9-15-30(21)24-29-22-13-6-7-14-23(22)31(24)18-20-11-5-4-10-19(20)16-27/h4-7,10-11,13-14,21H,8-9,12,15,17-18H2,1-3H3,(H,28,32). The van der Waals surface area contributed by atoms with Crippen LogP contribution in [0.25, 0.3) is 11.0 Å². The van der Waals surface area contributed by atoms with Gasteiger partial charge in [0, 0.05) is 19.1 Å². The Labute approximate surface area is 195 Å². The van der Waals surface area contributed by atoms with Gasteiger partial charge in [0.15, 0.2) is 0 Å². The van der Waals surface area contributed by atoms with Crippen LogP contribution in [-0.4, -0.2) is 40.4 Å². The molecule has 0 aliphatic carbocycles. The normalized spacial score (nSPS) is 16.4. The fourth-order valence-electron chi connectivity index (χ4n) is 4.37. The monoisotopic (exact) mass is 445 g/mol. The summed E-state index contributed by atoms with van der Waals surface area (Å²) < 4.78 is 7.62. The molecular weight excluding hydrogens is 414 g/mol. The van der Waals surface area contributed by atoms with Gasteiger partial charge in [0.25, 0.3) is 0 Å². The van der Waals surface area contributed by atoms with Crippen molar-refractivity contribution in [3.05, 3.63) is 59.7 Å². The molecule has 1 aromatic heterocycles. The molecule has 1 atom stereocenters. The highest BCUT2D eigenvalue weighted by atomic mass is 16.6. The van der Waals surface area contributed by atoms with Crippen LogP contribution in [0.4, 0.5) is 10.7 Å². The third-order valence-corrected chi connectivity index (χ3v) is 5.87. The Hall–Kier alpha value is -3.53. The van der Waals surface area contributed by atoms with E-state index < -0.39 is 11.7 Å². The Balaban J connectivity index is 1.65. The molecule has 7 heteroatoms. The number of piperidine rings is 1. The van der Waals surface area contributed by atoms with Gasteiger partial charge in [-0.1, -0.05) is 30.3 Å². The highest BCUT2D eigenvalue weighted by Gasteiger charge is 2.28. The minimum absolute atomic E-state index is 0.119. The molecule has 1 saturated heterocycles. The van der Waals surface area contributed by atoms with E-state index in [0.717, 1.165) is 48.4 Å². The van der Waals surface area contributed by atoms with Gasteiger partial charge in [-0.05, 0) is 63.8 Å². The van der Waals surface area contributed by atoms with Gasteiger partial charge in [-0.3, -0.25) is 0 Å². The number of aromatic nitrogens is 2. The molecule has 0 spiro atoms. The number of anilines is 1. The summed E-state index contributed by atoms with van der Waals surface area (Å²) in [5.41, 5.74) is 3.06. The molecule has 4 rings (SSSR count). The van der Waals surface area contributed by atoms with Gasteiger partial charge in [0.1, 0.15) is 5.60 Å². The number of carbonyl (C=O) groups excluding carboxylic acids is 1. The number of ether oxygens (including phenoxy) is 1. The molecule has 7 nitrogen and oxygen atoms in total. The first kappa shape index (κ1) is 22.7. The van der Waals surface area contributed by atoms with E-state index in [2.05, 4.69) is 26.9 Å². The third-order valence-electron chi connectivity index (χ3n) is 5.87. The average Bonchev–Trinajstić information content (AvgIpc) is 3.15. The maximum absolute atomic E-state index is 12.3. The fraction of sp³-hybridized carbons (Fsp3) is 0.423. The minimum atomic E-state index is -0.529. The lowest BCUT2D eigenvalue weighted by atomic mass is 10.0. The second-order valence-electron chi connectivity index (χ2n) is 9.48. The number of rotatable bonds is 5. The second kappa shape index (κ2) is 9.53. The number of hydrogen-bond donors (Lipinski definition) is 1. The van der Waals surface area contributed by atoms with E-state index in [9.17, 15) is 10.1 Å². The number of nitriles is 1. The first-order valence-corrected chi connectivity index (χ1v) is 11.5. The molecule has 1 aliphatic heterocycles. The molecule has 2 heterocycles. The molecule has 172 valence electrons. The van der Waals surface area contributed by atoms with Gasteiger partial charge < -0.3 is 19.5 Å². The number of nitrogens with zero attached hydrogens (tertiary/aromatic N) is 4. The molecular formula is C26H31N5O2. The average molecular weight is 446 g/mol. The Morgan fingerprint density at radius 3 is 2.73 bits per heavy atom. The van der Waals surface area contributed by atoms with Crippen LogP contribution in [0.3, 0.4) is 0 Å². The van der Waals surface area contributed by atoms with Crippen LogP contribution >= 0.6 is 0 Å². The van der Waals surface area contributed by atoms with E-state index in [-0.39, 0.29) is 6.04 Å². The number of alkyl carbamates (subject to hydrolysis) is 1. The number of imidazole rings is 1. The van der Waals surface area contributed by atoms with E-state index in [1.165, 1.54) is 0 Å². The smallest absolute Gasteiger partial charge is 0.407 e. The quantitative estimate of drug-likeness (QED) is 0.608. The number of hydrogen-bond acceptors (Lipinski definition) is 5. The SMILES string of the molecule is CC(C)(C)OC(=O)NCC1CCCCN1c1nc2ccccc2n1Cc1ccccc1C#N. The molecule has 3 aromatic rings. The van der Waals surface area contributed by atoms with Gasteiger partial charge in [-0.2, -0.15) is 5.26 Å². The molecule has 2 aromatic carbocycles. The van der Waals surface area contributed by atoms with E-state index in [4.69, 9.17) is 9.72 Å². The Morgan fingerprint density at radius 2 is 1.94 bits per heavy atom. The van der Waals surface area contributed by atoms with Gasteiger partial charge >= 0.3 is 6.09 Å². The van der Waals surface area contributed by atoms with Crippen molar-refractivity contribution in [3.8, 4) is 6.07 Å². The Kier molecular flexibility index (Phi) is 6.55. The molecule has 1 aliphatic rings. The lowest BCUT2D eigenvalue weighted by Gasteiger charge is -2.37. The van der Waals surface area contributed by atoms with Crippen molar-refractivity contribution in [3.63, 3.8) is 0 Å². The number of para-hydroxylation sites is 2. The molecule has 0 bridgehead atoms. The number of carbonyl (C=O) groups is 1. The van der Waals surface area contributed by atoms with Crippen molar-refractivity contribution in [2.75, 3.05) is 18.0 Å². The zero-order chi connectivity index (χ0) is 23.4. The zero-order valence-corrected chi connectivity index (χ0v) is 19.5. The summed E-state index contributed by atoms with van der Waals surface area (Å²) in [5, 5.41) is 12.5. The molecule has 1 fully saturated rings. The van der Waals surface area contributed by atoms with Crippen LogP contribution in [0.15, 0.2) is 48.5 Å². The maximum Gasteiger partial charge on any atom is 0.407 e. The second-order valence-corrected chi connectivity index (χ2v) is 9.48. The lowest BCUT2D eigenvalue weighted by molar-refractivity contribution is 0.0522. The van der Waals surface area contributed by atoms with Crippen LogP contribution < -0.4 is 10.2 Å². The highest BCUT2D eigenvalue weighted by molar-refractivity contribution is 5.79. The van der Waals surface area contributed by atoms with Crippen molar-refractivity contribution in [2.24, 2.45) is 0 Å². The van der Waals surface area contributed by atoms with Crippen molar-refractivity contribution >= 4 is 23.1 Å². The van der Waals surface area contributed by atoms with Gasteiger partial charge in [0.05, 0.1) is 29.2 Å². The molecule has 1 amide bonds. The number of nitrogens with one attached hydrogen (secondary N) is 1. The van der Waals surface area contributed by atoms with Crippen molar-refractivity contribution < 1.29 is 9.53 Å². The summed E-state index contributed by atoms with van der Waals surface area (Å²) in [4.78, 5) is 19.5. The maximum atomic E-state index is 12.3. The van der Waals surface area contributed by atoms with E-state index in [1.807, 2.05) is 63.2 Å². The third kappa shape index (κ3) is 5.28. The Morgan fingerprint density at radius 1 is 1.18 bits per heavy atom. The predicted molar refractivity (Wildman–Crippen MR) is 129 cm³/mol. The molecule has 0 saturated carbocycles. The van der Waals surface area contributed by atoms with Crippen LogP contribution in [0.5, 0.6) is 0 Å². The topological polar surface area (TPSA) is 83.2 Å². The van der Waals surface area contributed by atoms with Crippen LogP contribution in [-0.2, 0) is 11.3 Å². The number of fused-ring (bicyclic) bond motifs is 1. The first-order chi connectivity index (χ1) is 15.9. The van der Waals surface area contributed by atoms with Gasteiger partial charge in [0.2, 0.25) is 5.95 Å². The molecule has 33 heavy (non-hydrogen) atoms. The number of benzene rings is 2. The summed E-state index contributed by atoms with van der Waals surface area (Å²) in [6.45, 7) is 7.50. The van der Waals surface area contributed by atoms with Crippen molar-refractivity contribution in [2.45, 2.75) is 58.2 Å². The lowest BCUT2D eigenvalue weighted by Crippen LogP contribution is -2.48. The van der Waals surface area contributed by atoms with Gasteiger partial charge in [-0.15, -0.1) is 0 Å². The molecule has 0 radical (unpaired) electrons. The molecule has 1 unspecified atom stereocenters.